The first-order valence-electron chi connectivity index (χ1n) is 5.25. The molecule has 0 aromatic heterocycles. The zero-order valence-corrected chi connectivity index (χ0v) is 9.66. The van der Waals surface area contributed by atoms with Gasteiger partial charge in [0.25, 0.3) is 0 Å². The average molecular weight is 216 g/mol. The summed E-state index contributed by atoms with van der Waals surface area (Å²) < 4.78 is 10.2. The summed E-state index contributed by atoms with van der Waals surface area (Å²) in [5, 5.41) is 2.92. The predicted molar refractivity (Wildman–Crippen MR) is 56.9 cm³/mol. The Balaban J connectivity index is 2.31. The number of methoxy groups -OCH3 is 1. The van der Waals surface area contributed by atoms with E-state index in [-0.39, 0.29) is 18.1 Å². The molecule has 2 amide bonds. The Kier molecular flexibility index (Phi) is 4.84. The van der Waals surface area contributed by atoms with Crippen molar-refractivity contribution in [2.45, 2.75) is 25.4 Å². The summed E-state index contributed by atoms with van der Waals surface area (Å²) >= 11 is 0. The number of ether oxygens (including phenoxy) is 2. The molecular formula is C10H20N2O3. The van der Waals surface area contributed by atoms with Crippen LogP contribution in [0.25, 0.3) is 0 Å². The normalized spacial score (nSPS) is 22.5. The molecule has 5 nitrogen and oxygen atoms in total. The van der Waals surface area contributed by atoms with Gasteiger partial charge in [-0.15, -0.1) is 0 Å². The van der Waals surface area contributed by atoms with Crippen LogP contribution in [0.5, 0.6) is 0 Å². The summed E-state index contributed by atoms with van der Waals surface area (Å²) in [4.78, 5) is 13.4. The first-order valence-corrected chi connectivity index (χ1v) is 5.25. The minimum absolute atomic E-state index is 0.0601. The summed E-state index contributed by atoms with van der Waals surface area (Å²) in [6.07, 6.45) is 0.901. The van der Waals surface area contributed by atoms with Gasteiger partial charge >= 0.3 is 6.03 Å². The van der Waals surface area contributed by atoms with Gasteiger partial charge in [0.1, 0.15) is 0 Å². The number of carbonyl (C=O) groups excluding carboxylic acids is 1. The van der Waals surface area contributed by atoms with Gasteiger partial charge < -0.3 is 19.7 Å². The van der Waals surface area contributed by atoms with Gasteiger partial charge in [0.2, 0.25) is 0 Å². The highest BCUT2D eigenvalue weighted by atomic mass is 16.5. The summed E-state index contributed by atoms with van der Waals surface area (Å²) in [7, 11) is 3.40. The Morgan fingerprint density at radius 2 is 2.47 bits per heavy atom. The number of carbonyl (C=O) groups is 1. The van der Waals surface area contributed by atoms with Crippen molar-refractivity contribution in [3.05, 3.63) is 0 Å². The van der Waals surface area contributed by atoms with E-state index in [2.05, 4.69) is 5.32 Å². The van der Waals surface area contributed by atoms with Crippen molar-refractivity contribution in [1.82, 2.24) is 10.2 Å². The number of rotatable bonds is 4. The molecule has 1 rings (SSSR count). The molecule has 1 N–H and O–H groups in total. The van der Waals surface area contributed by atoms with Crippen molar-refractivity contribution in [2.24, 2.45) is 0 Å². The van der Waals surface area contributed by atoms with Crippen molar-refractivity contribution in [3.63, 3.8) is 0 Å². The number of hydrogen-bond acceptors (Lipinski definition) is 3. The van der Waals surface area contributed by atoms with Crippen molar-refractivity contribution in [2.75, 3.05) is 34.0 Å². The second-order valence-electron chi connectivity index (χ2n) is 3.93. The molecule has 1 saturated heterocycles. The van der Waals surface area contributed by atoms with Crippen LogP contribution in [0, 0.1) is 0 Å². The summed E-state index contributed by atoms with van der Waals surface area (Å²) in [6, 6.07) is 0.182. The Bertz CT molecular complexity index is 205. The van der Waals surface area contributed by atoms with Gasteiger partial charge in [-0.25, -0.2) is 4.79 Å². The first kappa shape index (κ1) is 12.3. The molecule has 0 radical (unpaired) electrons. The standard InChI is InChI=1S/C10H20N2O3/c1-8(6-14-3)12(2)10(13)11-9-4-5-15-7-9/h8-9H,4-7H2,1-3H3,(H,11,13). The summed E-state index contributed by atoms with van der Waals surface area (Å²) in [6.45, 7) is 3.86. The highest BCUT2D eigenvalue weighted by Gasteiger charge is 2.21. The number of nitrogens with one attached hydrogen (secondary N) is 1. The van der Waals surface area contributed by atoms with Crippen molar-refractivity contribution < 1.29 is 14.3 Å². The van der Waals surface area contributed by atoms with E-state index in [1.54, 1.807) is 19.1 Å². The minimum Gasteiger partial charge on any atom is -0.383 e. The smallest absolute Gasteiger partial charge is 0.317 e. The number of amides is 2. The third-order valence-corrected chi connectivity index (χ3v) is 2.65. The van der Waals surface area contributed by atoms with E-state index in [1.807, 2.05) is 6.92 Å². The molecule has 2 atom stereocenters. The van der Waals surface area contributed by atoms with Crippen LogP contribution < -0.4 is 5.32 Å². The molecule has 0 aromatic carbocycles. The Hall–Kier alpha value is -0.810. The number of likely N-dealkylation sites (N-methyl/N-ethyl adjacent to an activating group) is 1. The van der Waals surface area contributed by atoms with Crippen molar-refractivity contribution in [1.29, 1.82) is 0 Å². The summed E-state index contributed by atoms with van der Waals surface area (Å²) in [5.74, 6) is 0. The number of nitrogens with zero attached hydrogens (tertiary/aromatic N) is 1. The molecule has 15 heavy (non-hydrogen) atoms. The van der Waals surface area contributed by atoms with E-state index in [4.69, 9.17) is 9.47 Å². The van der Waals surface area contributed by atoms with E-state index < -0.39 is 0 Å². The fourth-order valence-electron chi connectivity index (χ4n) is 1.48. The molecule has 88 valence electrons. The molecule has 2 unspecified atom stereocenters. The van der Waals surface area contributed by atoms with Crippen molar-refractivity contribution >= 4 is 6.03 Å². The molecule has 0 aromatic rings. The topological polar surface area (TPSA) is 50.8 Å². The Morgan fingerprint density at radius 1 is 1.73 bits per heavy atom. The zero-order valence-electron chi connectivity index (χ0n) is 9.66. The SMILES string of the molecule is COCC(C)N(C)C(=O)NC1CCOC1. The van der Waals surface area contributed by atoms with Gasteiger partial charge in [-0.3, -0.25) is 0 Å². The minimum atomic E-state index is -0.0601. The predicted octanol–water partition coefficient (Wildman–Crippen LogP) is 0.452. The fraction of sp³-hybridized carbons (Fsp3) is 0.900. The van der Waals surface area contributed by atoms with Crippen LogP contribution in [0.4, 0.5) is 4.79 Å². The van der Waals surface area contributed by atoms with E-state index in [1.165, 1.54) is 0 Å². The quantitative estimate of drug-likeness (QED) is 0.742. The highest BCUT2D eigenvalue weighted by molar-refractivity contribution is 5.74. The van der Waals surface area contributed by atoms with Gasteiger partial charge in [-0.2, -0.15) is 0 Å². The van der Waals surface area contributed by atoms with E-state index in [0.717, 1.165) is 13.0 Å². The third-order valence-electron chi connectivity index (χ3n) is 2.65. The average Bonchev–Trinajstić information content (AvgIpc) is 2.69. The van der Waals surface area contributed by atoms with Crippen LogP contribution in [0.3, 0.4) is 0 Å². The zero-order chi connectivity index (χ0) is 11.3. The van der Waals surface area contributed by atoms with Gasteiger partial charge in [-0.1, -0.05) is 0 Å². The summed E-state index contributed by atoms with van der Waals surface area (Å²) in [5.41, 5.74) is 0. The molecule has 5 heteroatoms. The van der Waals surface area contributed by atoms with Crippen LogP contribution in [-0.4, -0.2) is 57.0 Å². The lowest BCUT2D eigenvalue weighted by Gasteiger charge is -2.25. The van der Waals surface area contributed by atoms with Gasteiger partial charge in [0.15, 0.2) is 0 Å². The monoisotopic (exact) mass is 216 g/mol. The maximum Gasteiger partial charge on any atom is 0.317 e. The maximum absolute atomic E-state index is 11.7. The van der Waals surface area contributed by atoms with E-state index in [9.17, 15) is 4.79 Å². The second-order valence-corrected chi connectivity index (χ2v) is 3.93. The lowest BCUT2D eigenvalue weighted by atomic mass is 10.2. The van der Waals surface area contributed by atoms with Crippen LogP contribution in [0.2, 0.25) is 0 Å². The molecule has 1 fully saturated rings. The largest absolute Gasteiger partial charge is 0.383 e. The molecular weight excluding hydrogens is 196 g/mol. The molecule has 1 aliphatic heterocycles. The fourth-order valence-corrected chi connectivity index (χ4v) is 1.48. The molecule has 1 heterocycles. The van der Waals surface area contributed by atoms with Crippen LogP contribution >= 0.6 is 0 Å². The van der Waals surface area contributed by atoms with Crippen LogP contribution in [-0.2, 0) is 9.47 Å². The van der Waals surface area contributed by atoms with E-state index >= 15 is 0 Å². The van der Waals surface area contributed by atoms with E-state index in [0.29, 0.717) is 13.2 Å². The van der Waals surface area contributed by atoms with Crippen LogP contribution in [0.1, 0.15) is 13.3 Å². The Labute approximate surface area is 90.7 Å². The lowest BCUT2D eigenvalue weighted by Crippen LogP contribution is -2.47. The lowest BCUT2D eigenvalue weighted by molar-refractivity contribution is 0.121. The first-order chi connectivity index (χ1) is 7.15. The molecule has 0 spiro atoms. The molecule has 1 aliphatic rings. The molecule has 0 aliphatic carbocycles. The molecule has 0 bridgehead atoms. The number of hydrogen-bond donors (Lipinski definition) is 1. The van der Waals surface area contributed by atoms with Gasteiger partial charge in [0, 0.05) is 20.8 Å². The molecule has 0 saturated carbocycles. The third kappa shape index (κ3) is 3.68. The highest BCUT2D eigenvalue weighted by Crippen LogP contribution is 2.05. The second kappa shape index (κ2) is 5.92. The van der Waals surface area contributed by atoms with Crippen LogP contribution in [0.15, 0.2) is 0 Å². The maximum atomic E-state index is 11.7. The Morgan fingerprint density at radius 3 is 3.00 bits per heavy atom. The van der Waals surface area contributed by atoms with Gasteiger partial charge in [0.05, 0.1) is 25.3 Å². The van der Waals surface area contributed by atoms with Gasteiger partial charge in [-0.05, 0) is 13.3 Å². The van der Waals surface area contributed by atoms with Crippen molar-refractivity contribution in [3.8, 4) is 0 Å². The number of urea groups is 1.